The van der Waals surface area contributed by atoms with Crippen molar-refractivity contribution in [2.24, 2.45) is 0 Å². The molecule has 0 heterocycles. The van der Waals surface area contributed by atoms with E-state index in [2.05, 4.69) is 13.6 Å². The fourth-order valence-electron chi connectivity index (χ4n) is 0. The zero-order valence-corrected chi connectivity index (χ0v) is 16.6. The van der Waals surface area contributed by atoms with Gasteiger partial charge in [-0.1, -0.05) is 0 Å². The van der Waals surface area contributed by atoms with E-state index < -0.39 is 22.8 Å². The summed E-state index contributed by atoms with van der Waals surface area (Å²) in [4.78, 5) is 24.5. The van der Waals surface area contributed by atoms with Crippen LogP contribution in [0.2, 0.25) is 0 Å². The summed E-state index contributed by atoms with van der Waals surface area (Å²) < 4.78 is 41.9. The summed E-state index contributed by atoms with van der Waals surface area (Å²) in [6, 6.07) is 0. The molecular weight excluding hydrogens is 461 g/mol. The summed E-state index contributed by atoms with van der Waals surface area (Å²) in [5, 5.41) is 0. The Balaban J connectivity index is -0.0000000865. The second-order valence-corrected chi connectivity index (χ2v) is 8.87. The van der Waals surface area contributed by atoms with Gasteiger partial charge >= 0.3 is 22.8 Å². The van der Waals surface area contributed by atoms with Crippen molar-refractivity contribution in [2.75, 3.05) is 41.3 Å². The smallest absolute Gasteiger partial charge is 0.324 e. The Labute approximate surface area is 154 Å². The van der Waals surface area contributed by atoms with Gasteiger partial charge in [0.25, 0.3) is 0 Å². The molecule has 0 fully saturated rings. The largest absolute Gasteiger partial charge is 0.324 e. The predicted molar refractivity (Wildman–Crippen MR) is 68.3 cm³/mol. The molecule has 1 radical (unpaired) electrons. The van der Waals surface area contributed by atoms with E-state index >= 15 is 0 Å². The van der Waals surface area contributed by atoms with Crippen molar-refractivity contribution < 1.29 is 91.3 Å². The van der Waals surface area contributed by atoms with Gasteiger partial charge in [-0.2, -0.15) is 0 Å². The molecule has 3 unspecified atom stereocenters. The maximum atomic E-state index is 9.92. The fourth-order valence-corrected chi connectivity index (χ4v) is 0. The average molecular weight is 482 g/mol. The van der Waals surface area contributed by atoms with E-state index in [4.69, 9.17) is 14.7 Å². The molecule has 0 saturated carbocycles. The van der Waals surface area contributed by atoms with Crippen LogP contribution in [0.15, 0.2) is 0 Å². The molecule has 0 rings (SSSR count). The summed E-state index contributed by atoms with van der Waals surface area (Å²) in [5.74, 6) is 0. The van der Waals surface area contributed by atoms with Gasteiger partial charge in [-0.3, -0.25) is 13.7 Å². The molecule has 19 heavy (non-hydrogen) atoms. The van der Waals surface area contributed by atoms with Crippen molar-refractivity contribution in [1.82, 2.24) is 0 Å². The maximum Gasteiger partial charge on any atom is 0.324 e. The van der Waals surface area contributed by atoms with Gasteiger partial charge in [0.15, 0.2) is 0 Å². The minimum absolute atomic E-state index is 0. The van der Waals surface area contributed by atoms with Crippen LogP contribution in [0.25, 0.3) is 0 Å². The zero-order valence-electron chi connectivity index (χ0n) is 11.5. The van der Waals surface area contributed by atoms with E-state index in [0.717, 1.165) is 20.0 Å². The van der Waals surface area contributed by atoms with Gasteiger partial charge in [-0.15, -0.1) is 0 Å². The first-order valence-electron chi connectivity index (χ1n) is 4.26. The maximum absolute atomic E-state index is 9.92. The molecule has 13 heteroatoms. The normalized spacial score (nSPS) is 18.8. The van der Waals surface area contributed by atoms with E-state index in [-0.39, 0.29) is 49.4 Å². The quantitative estimate of drug-likeness (QED) is 0.509. The van der Waals surface area contributed by atoms with Gasteiger partial charge < -0.3 is 28.3 Å². The van der Waals surface area contributed by atoms with Gasteiger partial charge in [-0.25, -0.2) is 0 Å². The Morgan fingerprint density at radius 3 is 0.684 bits per heavy atom. The Morgan fingerprint density at radius 2 is 0.684 bits per heavy atom. The third-order valence-electron chi connectivity index (χ3n) is 1.02. The van der Waals surface area contributed by atoms with Crippen LogP contribution < -0.4 is 0 Å². The molecule has 0 aromatic carbocycles. The van der Waals surface area contributed by atoms with Gasteiger partial charge in [0.1, 0.15) is 0 Å². The second-order valence-electron chi connectivity index (χ2n) is 2.96. The molecule has 3 N–H and O–H groups in total. The molecule has 9 nitrogen and oxygen atoms in total. The minimum atomic E-state index is -3.15. The van der Waals surface area contributed by atoms with Crippen LogP contribution in [0.1, 0.15) is 0 Å². The van der Waals surface area contributed by atoms with Crippen molar-refractivity contribution in [3.8, 4) is 0 Å². The van der Waals surface area contributed by atoms with Crippen LogP contribution in [0.5, 0.6) is 0 Å². The van der Waals surface area contributed by atoms with Crippen molar-refractivity contribution in [3.05, 3.63) is 0 Å². The average Bonchev–Trinajstić information content (AvgIpc) is 2.16. The Hall–Kier alpha value is 2.03. The number of rotatable bonds is 3. The molecule has 0 spiro atoms. The molecular formula is C6H21EuO9P3. The fraction of sp³-hybridized carbons (Fsp3) is 1.00. The molecule has 121 valence electrons. The van der Waals surface area contributed by atoms with Crippen molar-refractivity contribution in [2.45, 2.75) is 0 Å². The first-order chi connectivity index (χ1) is 7.68. The molecule has 0 aliphatic heterocycles. The third-order valence-corrected chi connectivity index (χ3v) is 3.05. The molecule has 0 aromatic rings. The zero-order chi connectivity index (χ0) is 15.6. The monoisotopic (exact) mass is 483 g/mol. The van der Waals surface area contributed by atoms with E-state index in [9.17, 15) is 13.7 Å². The SMILES string of the molecule is COP(C)(=O)O.COP(C)(=O)O.COP(C)(=O)O.[Eu]. The third kappa shape index (κ3) is 53.5. The van der Waals surface area contributed by atoms with Gasteiger partial charge in [0.05, 0.1) is 0 Å². The van der Waals surface area contributed by atoms with E-state index in [0.29, 0.717) is 0 Å². The van der Waals surface area contributed by atoms with Gasteiger partial charge in [-0.05, 0) is 0 Å². The Morgan fingerprint density at radius 1 is 0.632 bits per heavy atom. The first-order valence-corrected chi connectivity index (χ1v) is 10.3. The summed E-state index contributed by atoms with van der Waals surface area (Å²) >= 11 is 0. The van der Waals surface area contributed by atoms with Crippen molar-refractivity contribution in [3.63, 3.8) is 0 Å². The standard InChI is InChI=1S/3C2H7O3P.Eu/c3*1-5-6(2,3)4;/h3*1-2H3,(H,3,4);. The van der Waals surface area contributed by atoms with Crippen LogP contribution in [0, 0.1) is 49.4 Å². The van der Waals surface area contributed by atoms with Crippen molar-refractivity contribution in [1.29, 1.82) is 0 Å². The van der Waals surface area contributed by atoms with Crippen LogP contribution in [0.4, 0.5) is 0 Å². The van der Waals surface area contributed by atoms with E-state index in [1.165, 1.54) is 21.3 Å². The molecule has 3 atom stereocenters. The molecule has 0 aromatic heterocycles. The van der Waals surface area contributed by atoms with Crippen molar-refractivity contribution >= 4 is 22.8 Å². The van der Waals surface area contributed by atoms with Crippen LogP contribution in [-0.2, 0) is 27.3 Å². The summed E-state index contributed by atoms with van der Waals surface area (Å²) in [6.45, 7) is 3.40. The van der Waals surface area contributed by atoms with Crippen LogP contribution in [0.3, 0.4) is 0 Å². The molecule has 0 aliphatic carbocycles. The number of hydrogen-bond acceptors (Lipinski definition) is 6. The Kier molecular flexibility index (Phi) is 20.9. The van der Waals surface area contributed by atoms with E-state index in [1.54, 1.807) is 0 Å². The van der Waals surface area contributed by atoms with Gasteiger partial charge in [0, 0.05) is 90.7 Å². The summed E-state index contributed by atoms with van der Waals surface area (Å²) in [6.07, 6.45) is 0. The summed E-state index contributed by atoms with van der Waals surface area (Å²) in [7, 11) is -5.85. The van der Waals surface area contributed by atoms with E-state index in [1.807, 2.05) is 0 Å². The molecule has 0 amide bonds. The molecule has 0 saturated heterocycles. The number of hydrogen-bond donors (Lipinski definition) is 3. The van der Waals surface area contributed by atoms with Crippen LogP contribution >= 0.6 is 22.8 Å². The molecule has 0 aliphatic rings. The van der Waals surface area contributed by atoms with Gasteiger partial charge in [0.2, 0.25) is 0 Å². The minimum Gasteiger partial charge on any atom is -0.324 e. The first kappa shape index (κ1) is 29.1. The Bertz CT molecular complexity index is 277. The van der Waals surface area contributed by atoms with Crippen LogP contribution in [-0.4, -0.2) is 56.0 Å². The predicted octanol–water partition coefficient (Wildman–Crippen LogP) is 1.34. The topological polar surface area (TPSA) is 140 Å². The molecule has 0 bridgehead atoms. The second kappa shape index (κ2) is 13.7. The summed E-state index contributed by atoms with van der Waals surface area (Å²) in [5.41, 5.74) is 0.